The first-order valence-corrected chi connectivity index (χ1v) is 10.5. The molecule has 0 unspecified atom stereocenters. The molecule has 1 aromatic heterocycles. The molecule has 3 aromatic rings. The van der Waals surface area contributed by atoms with Crippen LogP contribution in [0.4, 0.5) is 5.69 Å². The Morgan fingerprint density at radius 3 is 2.93 bits per heavy atom. The number of amides is 1. The molecule has 1 aliphatic heterocycles. The number of para-hydroxylation sites is 3. The molecule has 1 aliphatic rings. The van der Waals surface area contributed by atoms with Crippen LogP contribution in [-0.2, 0) is 4.79 Å². The fraction of sp³-hybridized carbons (Fsp3) is 0.333. The van der Waals surface area contributed by atoms with Gasteiger partial charge in [-0.1, -0.05) is 24.3 Å². The zero-order valence-corrected chi connectivity index (χ0v) is 16.2. The highest BCUT2D eigenvalue weighted by Gasteiger charge is 2.26. The van der Waals surface area contributed by atoms with Gasteiger partial charge in [0, 0.05) is 17.4 Å². The molecule has 2 heterocycles. The molecule has 4 rings (SSSR count). The molecule has 6 heteroatoms. The minimum Gasteiger partial charge on any atom is -0.440 e. The van der Waals surface area contributed by atoms with Crippen molar-refractivity contribution in [3.8, 4) is 0 Å². The monoisotopic (exact) mass is 381 g/mol. The second-order valence-corrected chi connectivity index (χ2v) is 7.69. The molecular formula is C21H23N3O2S. The molecule has 0 bridgehead atoms. The van der Waals surface area contributed by atoms with Gasteiger partial charge in [-0.2, -0.15) is 0 Å². The number of rotatable bonds is 5. The van der Waals surface area contributed by atoms with E-state index in [1.807, 2.05) is 54.8 Å². The highest BCUT2D eigenvalue weighted by atomic mass is 32.2. The summed E-state index contributed by atoms with van der Waals surface area (Å²) in [6.45, 7) is 2.11. The average molecular weight is 382 g/mol. The van der Waals surface area contributed by atoms with Gasteiger partial charge in [0.1, 0.15) is 5.52 Å². The van der Waals surface area contributed by atoms with Gasteiger partial charge >= 0.3 is 0 Å². The van der Waals surface area contributed by atoms with Crippen LogP contribution in [0.15, 0.2) is 57.8 Å². The first-order chi connectivity index (χ1) is 13.2. The molecule has 1 amide bonds. The lowest BCUT2D eigenvalue weighted by Gasteiger charge is -2.30. The maximum Gasteiger partial charge on any atom is 0.238 e. The summed E-state index contributed by atoms with van der Waals surface area (Å²) < 4.78 is 5.95. The van der Waals surface area contributed by atoms with Crippen LogP contribution >= 0.6 is 11.8 Å². The Hall–Kier alpha value is -2.31. The Kier molecular flexibility index (Phi) is 5.45. The molecule has 1 saturated heterocycles. The second-order valence-electron chi connectivity index (χ2n) is 6.84. The molecule has 1 fully saturated rings. The number of carbonyl (C=O) groups excluding carboxylic acids is 1. The van der Waals surface area contributed by atoms with Gasteiger partial charge in [0.15, 0.2) is 11.5 Å². The van der Waals surface area contributed by atoms with Gasteiger partial charge in [-0.25, -0.2) is 4.98 Å². The molecule has 1 atom stereocenters. The van der Waals surface area contributed by atoms with E-state index in [2.05, 4.69) is 15.2 Å². The van der Waals surface area contributed by atoms with Gasteiger partial charge in [-0.3, -0.25) is 9.69 Å². The number of thioether (sulfide) groups is 1. The molecule has 0 spiro atoms. The summed E-state index contributed by atoms with van der Waals surface area (Å²) in [5.74, 6) is 1.04. The van der Waals surface area contributed by atoms with E-state index < -0.39 is 0 Å². The number of piperidine rings is 1. The first-order valence-electron chi connectivity index (χ1n) is 9.23. The van der Waals surface area contributed by atoms with E-state index in [1.54, 1.807) is 11.8 Å². The zero-order valence-electron chi connectivity index (χ0n) is 15.4. The molecule has 0 saturated carbocycles. The number of fused-ring (bicyclic) bond motifs is 1. The fourth-order valence-corrected chi connectivity index (χ4v) is 4.16. The Morgan fingerprint density at radius 2 is 2.07 bits per heavy atom. The average Bonchev–Trinajstić information content (AvgIpc) is 3.13. The summed E-state index contributed by atoms with van der Waals surface area (Å²) in [4.78, 5) is 20.4. The van der Waals surface area contributed by atoms with Crippen LogP contribution in [0.1, 0.15) is 24.7 Å². The lowest BCUT2D eigenvalue weighted by molar-refractivity contribution is -0.117. The van der Waals surface area contributed by atoms with Crippen LogP contribution in [-0.4, -0.2) is 41.7 Å². The summed E-state index contributed by atoms with van der Waals surface area (Å²) in [7, 11) is 0. The number of likely N-dealkylation sites (tertiary alicyclic amines) is 1. The van der Waals surface area contributed by atoms with Crippen LogP contribution < -0.4 is 5.32 Å². The van der Waals surface area contributed by atoms with Gasteiger partial charge < -0.3 is 9.73 Å². The topological polar surface area (TPSA) is 58.4 Å². The van der Waals surface area contributed by atoms with Crippen molar-refractivity contribution >= 4 is 34.5 Å². The Balaban J connectivity index is 1.40. The third kappa shape index (κ3) is 4.17. The van der Waals surface area contributed by atoms with Crippen molar-refractivity contribution in [1.82, 2.24) is 9.88 Å². The Morgan fingerprint density at radius 1 is 1.26 bits per heavy atom. The number of aromatic nitrogens is 1. The van der Waals surface area contributed by atoms with E-state index in [4.69, 9.17) is 4.42 Å². The van der Waals surface area contributed by atoms with Crippen LogP contribution in [0.5, 0.6) is 0 Å². The minimum atomic E-state index is 0.0229. The van der Waals surface area contributed by atoms with Gasteiger partial charge in [0.05, 0.1) is 12.2 Å². The zero-order chi connectivity index (χ0) is 18.6. The van der Waals surface area contributed by atoms with Crippen molar-refractivity contribution in [3.63, 3.8) is 0 Å². The normalized spacial score (nSPS) is 17.9. The number of oxazole rings is 1. The van der Waals surface area contributed by atoms with E-state index in [0.29, 0.717) is 6.54 Å². The number of hydrogen-bond donors (Lipinski definition) is 1. The summed E-state index contributed by atoms with van der Waals surface area (Å²) in [5.41, 5.74) is 2.61. The van der Waals surface area contributed by atoms with Crippen molar-refractivity contribution in [2.45, 2.75) is 23.7 Å². The highest BCUT2D eigenvalue weighted by molar-refractivity contribution is 7.98. The van der Waals surface area contributed by atoms with Gasteiger partial charge in [-0.15, -0.1) is 11.8 Å². The largest absolute Gasteiger partial charge is 0.440 e. The quantitative estimate of drug-likeness (QED) is 0.665. The third-order valence-electron chi connectivity index (χ3n) is 4.91. The van der Waals surface area contributed by atoms with Gasteiger partial charge in [0.2, 0.25) is 5.91 Å². The van der Waals surface area contributed by atoms with Crippen LogP contribution in [0.3, 0.4) is 0 Å². The van der Waals surface area contributed by atoms with Crippen LogP contribution in [0.25, 0.3) is 11.1 Å². The van der Waals surface area contributed by atoms with Gasteiger partial charge in [-0.05, 0) is 49.9 Å². The fourth-order valence-electron chi connectivity index (χ4n) is 3.61. The number of anilines is 1. The van der Waals surface area contributed by atoms with E-state index in [0.717, 1.165) is 53.5 Å². The second kappa shape index (κ2) is 8.15. The lowest BCUT2D eigenvalue weighted by atomic mass is 9.98. The summed E-state index contributed by atoms with van der Waals surface area (Å²) in [6.07, 6.45) is 4.10. The Labute approximate surface area is 163 Å². The van der Waals surface area contributed by atoms with Crippen LogP contribution in [0.2, 0.25) is 0 Å². The molecule has 2 aromatic carbocycles. The predicted octanol–water partition coefficient (Wildman–Crippen LogP) is 4.37. The predicted molar refractivity (Wildman–Crippen MR) is 109 cm³/mol. The number of nitrogens with zero attached hydrogens (tertiary/aromatic N) is 2. The van der Waals surface area contributed by atoms with Gasteiger partial charge in [0.25, 0.3) is 0 Å². The van der Waals surface area contributed by atoms with Crippen molar-refractivity contribution < 1.29 is 9.21 Å². The number of benzene rings is 2. The number of carbonyl (C=O) groups is 1. The van der Waals surface area contributed by atoms with E-state index in [-0.39, 0.29) is 11.8 Å². The third-order valence-corrected chi connectivity index (χ3v) is 5.71. The minimum absolute atomic E-state index is 0.0229. The van der Waals surface area contributed by atoms with E-state index in [9.17, 15) is 4.79 Å². The molecule has 140 valence electrons. The molecule has 27 heavy (non-hydrogen) atoms. The van der Waals surface area contributed by atoms with E-state index in [1.165, 1.54) is 0 Å². The van der Waals surface area contributed by atoms with Crippen molar-refractivity contribution in [2.75, 3.05) is 31.2 Å². The van der Waals surface area contributed by atoms with E-state index >= 15 is 0 Å². The van der Waals surface area contributed by atoms with Crippen molar-refractivity contribution in [1.29, 1.82) is 0 Å². The SMILES string of the molecule is CSc1ccccc1NC(=O)CN1CCC[C@@H](c2nc3ccccc3o2)C1. The lowest BCUT2D eigenvalue weighted by Crippen LogP contribution is -2.39. The number of hydrogen-bond acceptors (Lipinski definition) is 5. The Bertz CT molecular complexity index is 907. The first kappa shape index (κ1) is 18.1. The van der Waals surface area contributed by atoms with Crippen molar-refractivity contribution in [2.24, 2.45) is 0 Å². The summed E-state index contributed by atoms with van der Waals surface area (Å²) in [5, 5.41) is 3.04. The highest BCUT2D eigenvalue weighted by Crippen LogP contribution is 2.29. The maximum absolute atomic E-state index is 12.5. The number of nitrogens with one attached hydrogen (secondary N) is 1. The molecular weight excluding hydrogens is 358 g/mol. The standard InChI is InChI=1S/C21H23N3O2S/c1-27-19-11-5-3-9-17(19)22-20(25)14-24-12-6-7-15(13-24)21-23-16-8-2-4-10-18(16)26-21/h2-5,8-11,15H,6-7,12-14H2,1H3,(H,22,25)/t15-/m1/s1. The molecule has 1 N–H and O–H groups in total. The molecule has 0 aliphatic carbocycles. The molecule has 0 radical (unpaired) electrons. The maximum atomic E-state index is 12.5. The summed E-state index contributed by atoms with van der Waals surface area (Å²) >= 11 is 1.63. The molecule has 5 nitrogen and oxygen atoms in total. The summed E-state index contributed by atoms with van der Waals surface area (Å²) in [6, 6.07) is 15.7. The smallest absolute Gasteiger partial charge is 0.238 e. The van der Waals surface area contributed by atoms with Crippen LogP contribution in [0, 0.1) is 0 Å². The van der Waals surface area contributed by atoms with Crippen molar-refractivity contribution in [3.05, 3.63) is 54.4 Å².